The molecule has 17 heavy (non-hydrogen) atoms. The number of carbonyl (C=O) groups is 1. The molecule has 1 fully saturated rings. The standard InChI is InChI=1S/C13H24N2O2/c1-3-8-15(9-10-17-2)13(16)11-12-4-6-14-7-5-12/h3,12,14H,1,4-11H2,2H3. The summed E-state index contributed by atoms with van der Waals surface area (Å²) in [7, 11) is 1.66. The van der Waals surface area contributed by atoms with Crippen LogP contribution in [0.2, 0.25) is 0 Å². The minimum atomic E-state index is 0.230. The van der Waals surface area contributed by atoms with Crippen LogP contribution in [0.5, 0.6) is 0 Å². The molecule has 1 aliphatic rings. The van der Waals surface area contributed by atoms with Crippen LogP contribution in [-0.4, -0.2) is 50.7 Å². The highest BCUT2D eigenvalue weighted by Gasteiger charge is 2.20. The van der Waals surface area contributed by atoms with Crippen LogP contribution >= 0.6 is 0 Å². The van der Waals surface area contributed by atoms with Gasteiger partial charge in [-0.3, -0.25) is 4.79 Å². The van der Waals surface area contributed by atoms with Crippen molar-refractivity contribution in [2.24, 2.45) is 5.92 Å². The molecular weight excluding hydrogens is 216 g/mol. The minimum Gasteiger partial charge on any atom is -0.383 e. The zero-order chi connectivity index (χ0) is 12.5. The highest BCUT2D eigenvalue weighted by atomic mass is 16.5. The van der Waals surface area contributed by atoms with Crippen molar-refractivity contribution in [2.45, 2.75) is 19.3 Å². The molecule has 98 valence electrons. The minimum absolute atomic E-state index is 0.230. The molecule has 4 nitrogen and oxygen atoms in total. The number of methoxy groups -OCH3 is 1. The van der Waals surface area contributed by atoms with E-state index < -0.39 is 0 Å². The molecule has 0 aromatic carbocycles. The van der Waals surface area contributed by atoms with Crippen LogP contribution in [0.25, 0.3) is 0 Å². The second-order valence-electron chi connectivity index (χ2n) is 4.52. The zero-order valence-electron chi connectivity index (χ0n) is 10.8. The fourth-order valence-electron chi connectivity index (χ4n) is 2.14. The van der Waals surface area contributed by atoms with E-state index in [2.05, 4.69) is 11.9 Å². The number of amides is 1. The number of carbonyl (C=O) groups excluding carboxylic acids is 1. The number of nitrogens with zero attached hydrogens (tertiary/aromatic N) is 1. The van der Waals surface area contributed by atoms with Gasteiger partial charge in [0.05, 0.1) is 6.61 Å². The second kappa shape index (κ2) is 8.25. The number of rotatable bonds is 7. The van der Waals surface area contributed by atoms with Gasteiger partial charge in [0.2, 0.25) is 5.91 Å². The maximum absolute atomic E-state index is 12.1. The van der Waals surface area contributed by atoms with Gasteiger partial charge in [-0.2, -0.15) is 0 Å². The van der Waals surface area contributed by atoms with E-state index in [0.717, 1.165) is 25.9 Å². The summed E-state index contributed by atoms with van der Waals surface area (Å²) >= 11 is 0. The lowest BCUT2D eigenvalue weighted by Gasteiger charge is -2.26. The summed E-state index contributed by atoms with van der Waals surface area (Å²) < 4.78 is 5.02. The average molecular weight is 240 g/mol. The molecule has 1 N–H and O–H groups in total. The molecule has 1 aliphatic heterocycles. The van der Waals surface area contributed by atoms with Gasteiger partial charge in [-0.1, -0.05) is 6.08 Å². The summed E-state index contributed by atoms with van der Waals surface area (Å²) in [6.07, 6.45) is 4.66. The Balaban J connectivity index is 2.36. The third-order valence-electron chi connectivity index (χ3n) is 3.19. The Hall–Kier alpha value is -0.870. The first-order chi connectivity index (χ1) is 8.27. The molecule has 0 saturated carbocycles. The summed E-state index contributed by atoms with van der Waals surface area (Å²) in [6, 6.07) is 0. The molecule has 0 radical (unpaired) electrons. The maximum atomic E-state index is 12.1. The summed E-state index contributed by atoms with van der Waals surface area (Å²) in [6.45, 7) is 7.64. The van der Waals surface area contributed by atoms with E-state index >= 15 is 0 Å². The molecule has 4 heteroatoms. The third-order valence-corrected chi connectivity index (χ3v) is 3.19. The quantitative estimate of drug-likeness (QED) is 0.676. The molecule has 0 bridgehead atoms. The smallest absolute Gasteiger partial charge is 0.223 e. The maximum Gasteiger partial charge on any atom is 0.223 e. The molecule has 0 aromatic heterocycles. The van der Waals surface area contributed by atoms with Crippen LogP contribution in [0, 0.1) is 5.92 Å². The van der Waals surface area contributed by atoms with E-state index in [-0.39, 0.29) is 5.91 Å². The van der Waals surface area contributed by atoms with Gasteiger partial charge < -0.3 is 15.0 Å². The van der Waals surface area contributed by atoms with Crippen LogP contribution in [0.4, 0.5) is 0 Å². The van der Waals surface area contributed by atoms with Gasteiger partial charge in [0.1, 0.15) is 0 Å². The van der Waals surface area contributed by atoms with E-state index in [1.807, 2.05) is 4.90 Å². The van der Waals surface area contributed by atoms with Crippen LogP contribution in [0.15, 0.2) is 12.7 Å². The van der Waals surface area contributed by atoms with E-state index in [4.69, 9.17) is 4.74 Å². The van der Waals surface area contributed by atoms with Gasteiger partial charge in [-0.25, -0.2) is 0 Å². The number of piperidine rings is 1. The monoisotopic (exact) mass is 240 g/mol. The first-order valence-corrected chi connectivity index (χ1v) is 6.36. The molecule has 0 atom stereocenters. The predicted octanol–water partition coefficient (Wildman–Crippen LogP) is 1.04. The molecule has 1 amide bonds. The Morgan fingerprint density at radius 1 is 1.53 bits per heavy atom. The lowest BCUT2D eigenvalue weighted by Crippen LogP contribution is -2.37. The van der Waals surface area contributed by atoms with Crippen molar-refractivity contribution in [3.8, 4) is 0 Å². The van der Waals surface area contributed by atoms with Crippen molar-refractivity contribution in [1.82, 2.24) is 10.2 Å². The van der Waals surface area contributed by atoms with E-state index in [0.29, 0.717) is 32.0 Å². The van der Waals surface area contributed by atoms with Crippen LogP contribution < -0.4 is 5.32 Å². The summed E-state index contributed by atoms with van der Waals surface area (Å²) in [5, 5.41) is 3.32. The Labute approximate surface area is 104 Å². The lowest BCUT2D eigenvalue weighted by atomic mass is 9.94. The number of ether oxygens (including phenoxy) is 1. The average Bonchev–Trinajstić information content (AvgIpc) is 2.35. The van der Waals surface area contributed by atoms with E-state index in [1.165, 1.54) is 0 Å². The van der Waals surface area contributed by atoms with Gasteiger partial charge in [0, 0.05) is 26.6 Å². The Morgan fingerprint density at radius 2 is 2.24 bits per heavy atom. The van der Waals surface area contributed by atoms with Crippen LogP contribution in [-0.2, 0) is 9.53 Å². The Bertz CT molecular complexity index is 238. The van der Waals surface area contributed by atoms with Crippen molar-refractivity contribution < 1.29 is 9.53 Å². The number of nitrogens with one attached hydrogen (secondary N) is 1. The SMILES string of the molecule is C=CCN(CCOC)C(=O)CC1CCNCC1. The first kappa shape index (κ1) is 14.2. The Kier molecular flexibility index (Phi) is 6.89. The van der Waals surface area contributed by atoms with Crippen molar-refractivity contribution in [3.63, 3.8) is 0 Å². The van der Waals surface area contributed by atoms with Gasteiger partial charge in [0.25, 0.3) is 0 Å². The normalized spacial score (nSPS) is 16.8. The topological polar surface area (TPSA) is 41.6 Å². The molecule has 0 spiro atoms. The molecule has 0 aliphatic carbocycles. The van der Waals surface area contributed by atoms with Gasteiger partial charge >= 0.3 is 0 Å². The molecule has 0 unspecified atom stereocenters. The summed E-state index contributed by atoms with van der Waals surface area (Å²) in [5.41, 5.74) is 0. The largest absolute Gasteiger partial charge is 0.383 e. The molecule has 1 saturated heterocycles. The van der Waals surface area contributed by atoms with Gasteiger partial charge in [-0.05, 0) is 31.8 Å². The van der Waals surface area contributed by atoms with E-state index in [1.54, 1.807) is 13.2 Å². The van der Waals surface area contributed by atoms with Crippen LogP contribution in [0.1, 0.15) is 19.3 Å². The number of hydrogen-bond acceptors (Lipinski definition) is 3. The summed E-state index contributed by atoms with van der Waals surface area (Å²) in [4.78, 5) is 13.9. The summed E-state index contributed by atoms with van der Waals surface area (Å²) in [5.74, 6) is 0.771. The third kappa shape index (κ3) is 5.33. The van der Waals surface area contributed by atoms with Crippen molar-refractivity contribution in [3.05, 3.63) is 12.7 Å². The van der Waals surface area contributed by atoms with Gasteiger partial charge in [0.15, 0.2) is 0 Å². The highest BCUT2D eigenvalue weighted by Crippen LogP contribution is 2.17. The molecule has 1 rings (SSSR count). The lowest BCUT2D eigenvalue weighted by molar-refractivity contribution is -0.132. The molecular formula is C13H24N2O2. The Morgan fingerprint density at radius 3 is 2.82 bits per heavy atom. The predicted molar refractivity (Wildman–Crippen MR) is 68.9 cm³/mol. The van der Waals surface area contributed by atoms with Crippen LogP contribution in [0.3, 0.4) is 0 Å². The van der Waals surface area contributed by atoms with Crippen molar-refractivity contribution in [1.29, 1.82) is 0 Å². The fraction of sp³-hybridized carbons (Fsp3) is 0.769. The van der Waals surface area contributed by atoms with Gasteiger partial charge in [-0.15, -0.1) is 6.58 Å². The van der Waals surface area contributed by atoms with Crippen molar-refractivity contribution >= 4 is 5.91 Å². The first-order valence-electron chi connectivity index (χ1n) is 6.36. The number of hydrogen-bond donors (Lipinski definition) is 1. The van der Waals surface area contributed by atoms with E-state index in [9.17, 15) is 4.79 Å². The molecule has 0 aromatic rings. The fourth-order valence-corrected chi connectivity index (χ4v) is 2.14. The molecule has 1 heterocycles. The van der Waals surface area contributed by atoms with Crippen molar-refractivity contribution in [2.75, 3.05) is 39.9 Å². The second-order valence-corrected chi connectivity index (χ2v) is 4.52. The zero-order valence-corrected chi connectivity index (χ0v) is 10.8. The highest BCUT2D eigenvalue weighted by molar-refractivity contribution is 5.76.